The van der Waals surface area contributed by atoms with Gasteiger partial charge in [0.25, 0.3) is 0 Å². The van der Waals surface area contributed by atoms with Crippen molar-refractivity contribution in [2.75, 3.05) is 0 Å². The summed E-state index contributed by atoms with van der Waals surface area (Å²) in [5, 5.41) is 9.40. The number of benzene rings is 1. The van der Waals surface area contributed by atoms with Gasteiger partial charge in [-0.25, -0.2) is 4.39 Å². The van der Waals surface area contributed by atoms with Gasteiger partial charge in [0, 0.05) is 18.4 Å². The first-order valence-electron chi connectivity index (χ1n) is 4.07. The minimum atomic E-state index is -1.17. The van der Waals surface area contributed by atoms with Crippen LogP contribution in [0, 0.1) is 0 Å². The SMILES string of the molecule is CC1(F)Cc2cccc(O)c2C1. The molecular weight excluding hydrogens is 155 g/mol. The average molecular weight is 166 g/mol. The highest BCUT2D eigenvalue weighted by atomic mass is 19.1. The third-order valence-electron chi connectivity index (χ3n) is 2.35. The Labute approximate surface area is 70.8 Å². The van der Waals surface area contributed by atoms with E-state index in [4.69, 9.17) is 0 Å². The number of phenolic OH excluding ortho intramolecular Hbond substituents is 1. The fraction of sp³-hybridized carbons (Fsp3) is 0.400. The molecule has 2 rings (SSSR count). The molecule has 0 fully saturated rings. The van der Waals surface area contributed by atoms with Crippen molar-refractivity contribution in [1.29, 1.82) is 0 Å². The summed E-state index contributed by atoms with van der Waals surface area (Å²) in [6.45, 7) is 1.58. The van der Waals surface area contributed by atoms with Crippen molar-refractivity contribution in [2.24, 2.45) is 0 Å². The fourth-order valence-corrected chi connectivity index (χ4v) is 1.82. The molecule has 2 heteroatoms. The first kappa shape index (κ1) is 7.59. The van der Waals surface area contributed by atoms with E-state index in [2.05, 4.69) is 0 Å². The Bertz CT molecular complexity index is 318. The summed E-state index contributed by atoms with van der Waals surface area (Å²) in [5.41, 5.74) is 0.559. The van der Waals surface area contributed by atoms with Crippen molar-refractivity contribution in [3.63, 3.8) is 0 Å². The highest BCUT2D eigenvalue weighted by Crippen LogP contribution is 2.37. The first-order chi connectivity index (χ1) is 5.58. The van der Waals surface area contributed by atoms with Gasteiger partial charge in [0.1, 0.15) is 11.4 Å². The van der Waals surface area contributed by atoms with E-state index < -0.39 is 5.67 Å². The van der Waals surface area contributed by atoms with Crippen LogP contribution in [-0.4, -0.2) is 10.8 Å². The van der Waals surface area contributed by atoms with E-state index in [1.165, 1.54) is 0 Å². The molecule has 1 aliphatic carbocycles. The number of hydrogen-bond donors (Lipinski definition) is 1. The van der Waals surface area contributed by atoms with Crippen LogP contribution in [0.15, 0.2) is 18.2 Å². The monoisotopic (exact) mass is 166 g/mol. The van der Waals surface area contributed by atoms with Gasteiger partial charge in [0.15, 0.2) is 0 Å². The molecule has 1 aliphatic rings. The van der Waals surface area contributed by atoms with Gasteiger partial charge < -0.3 is 5.11 Å². The Kier molecular flexibility index (Phi) is 1.40. The van der Waals surface area contributed by atoms with E-state index in [-0.39, 0.29) is 5.75 Å². The minimum Gasteiger partial charge on any atom is -0.508 e. The van der Waals surface area contributed by atoms with Crippen molar-refractivity contribution in [3.05, 3.63) is 29.3 Å². The van der Waals surface area contributed by atoms with Gasteiger partial charge in [-0.15, -0.1) is 0 Å². The highest BCUT2D eigenvalue weighted by molar-refractivity contribution is 5.44. The Morgan fingerprint density at radius 3 is 2.83 bits per heavy atom. The van der Waals surface area contributed by atoms with Gasteiger partial charge in [-0.1, -0.05) is 12.1 Å². The molecule has 1 N–H and O–H groups in total. The molecule has 0 bridgehead atoms. The molecule has 0 radical (unpaired) electrons. The summed E-state index contributed by atoms with van der Waals surface area (Å²) in [7, 11) is 0. The highest BCUT2D eigenvalue weighted by Gasteiger charge is 2.33. The molecule has 64 valence electrons. The van der Waals surface area contributed by atoms with Gasteiger partial charge in [-0.2, -0.15) is 0 Å². The van der Waals surface area contributed by atoms with Crippen molar-refractivity contribution in [1.82, 2.24) is 0 Å². The Morgan fingerprint density at radius 2 is 2.17 bits per heavy atom. The van der Waals surface area contributed by atoms with Crippen LogP contribution in [-0.2, 0) is 12.8 Å². The van der Waals surface area contributed by atoms with E-state index in [0.29, 0.717) is 12.8 Å². The normalized spacial score (nSPS) is 27.2. The number of phenols is 1. The largest absolute Gasteiger partial charge is 0.508 e. The molecule has 12 heavy (non-hydrogen) atoms. The van der Waals surface area contributed by atoms with Crippen molar-refractivity contribution < 1.29 is 9.50 Å². The molecule has 0 heterocycles. The smallest absolute Gasteiger partial charge is 0.119 e. The Hall–Kier alpha value is -1.05. The quantitative estimate of drug-likeness (QED) is 0.626. The number of alkyl halides is 1. The number of hydrogen-bond acceptors (Lipinski definition) is 1. The van der Waals surface area contributed by atoms with E-state index in [1.54, 1.807) is 19.1 Å². The van der Waals surface area contributed by atoms with Crippen LogP contribution >= 0.6 is 0 Å². The van der Waals surface area contributed by atoms with Crippen LogP contribution in [0.4, 0.5) is 4.39 Å². The lowest BCUT2D eigenvalue weighted by molar-refractivity contribution is 0.204. The molecule has 0 spiro atoms. The molecule has 0 saturated heterocycles. The van der Waals surface area contributed by atoms with Crippen LogP contribution < -0.4 is 0 Å². The third-order valence-corrected chi connectivity index (χ3v) is 2.35. The second-order valence-electron chi connectivity index (χ2n) is 3.68. The summed E-state index contributed by atoms with van der Waals surface area (Å²) in [5.74, 6) is 0.230. The number of rotatable bonds is 0. The van der Waals surface area contributed by atoms with Gasteiger partial charge in [-0.3, -0.25) is 0 Å². The van der Waals surface area contributed by atoms with E-state index in [9.17, 15) is 9.50 Å². The lowest BCUT2D eigenvalue weighted by Crippen LogP contribution is -2.16. The molecule has 0 amide bonds. The Balaban J connectivity index is 2.48. The average Bonchev–Trinajstić information content (AvgIpc) is 2.25. The zero-order valence-corrected chi connectivity index (χ0v) is 6.97. The lowest BCUT2D eigenvalue weighted by Gasteiger charge is -2.09. The lowest BCUT2D eigenvalue weighted by atomic mass is 10.1. The second kappa shape index (κ2) is 2.22. The summed E-state index contributed by atoms with van der Waals surface area (Å²) in [4.78, 5) is 0. The van der Waals surface area contributed by atoms with Crippen molar-refractivity contribution >= 4 is 0 Å². The second-order valence-corrected chi connectivity index (χ2v) is 3.68. The predicted octanol–water partition coefficient (Wildman–Crippen LogP) is 2.22. The van der Waals surface area contributed by atoms with Gasteiger partial charge >= 0.3 is 0 Å². The predicted molar refractivity (Wildman–Crippen MR) is 45.0 cm³/mol. The van der Waals surface area contributed by atoms with Crippen LogP contribution in [0.5, 0.6) is 5.75 Å². The molecular formula is C10H11FO. The number of aromatic hydroxyl groups is 1. The number of halogens is 1. The summed E-state index contributed by atoms with van der Waals surface area (Å²) in [6, 6.07) is 5.25. The van der Waals surface area contributed by atoms with Gasteiger partial charge in [0.2, 0.25) is 0 Å². The molecule has 1 aromatic rings. The topological polar surface area (TPSA) is 20.2 Å². The van der Waals surface area contributed by atoms with Crippen LogP contribution in [0.2, 0.25) is 0 Å². The maximum atomic E-state index is 13.5. The van der Waals surface area contributed by atoms with Crippen LogP contribution in [0.25, 0.3) is 0 Å². The molecule has 1 atom stereocenters. The third kappa shape index (κ3) is 1.07. The molecule has 0 aliphatic heterocycles. The molecule has 1 nitrogen and oxygen atoms in total. The zero-order valence-electron chi connectivity index (χ0n) is 6.97. The summed E-state index contributed by atoms with van der Waals surface area (Å²) < 4.78 is 13.5. The molecule has 1 unspecified atom stereocenters. The standard InChI is InChI=1S/C10H11FO/c1-10(11)5-7-3-2-4-9(12)8(7)6-10/h2-4,12H,5-6H2,1H3. The Morgan fingerprint density at radius 1 is 1.42 bits per heavy atom. The van der Waals surface area contributed by atoms with Crippen molar-refractivity contribution in [3.8, 4) is 5.75 Å². The fourth-order valence-electron chi connectivity index (χ4n) is 1.82. The molecule has 0 aromatic heterocycles. The molecule has 1 aromatic carbocycles. The summed E-state index contributed by atoms with van der Waals surface area (Å²) in [6.07, 6.45) is 0.770. The first-order valence-corrected chi connectivity index (χ1v) is 4.07. The van der Waals surface area contributed by atoms with Gasteiger partial charge in [-0.05, 0) is 18.6 Å². The van der Waals surface area contributed by atoms with Crippen LogP contribution in [0.1, 0.15) is 18.1 Å². The zero-order chi connectivity index (χ0) is 8.77. The number of fused-ring (bicyclic) bond motifs is 1. The maximum Gasteiger partial charge on any atom is 0.119 e. The minimum absolute atomic E-state index is 0.230. The van der Waals surface area contributed by atoms with Gasteiger partial charge in [0.05, 0.1) is 0 Å². The van der Waals surface area contributed by atoms with E-state index in [1.807, 2.05) is 6.07 Å². The molecule has 0 saturated carbocycles. The van der Waals surface area contributed by atoms with Crippen molar-refractivity contribution in [2.45, 2.75) is 25.4 Å². The van der Waals surface area contributed by atoms with Crippen LogP contribution in [0.3, 0.4) is 0 Å². The van der Waals surface area contributed by atoms with E-state index >= 15 is 0 Å². The summed E-state index contributed by atoms with van der Waals surface area (Å²) >= 11 is 0. The maximum absolute atomic E-state index is 13.5. The van der Waals surface area contributed by atoms with E-state index in [0.717, 1.165) is 11.1 Å².